The van der Waals surface area contributed by atoms with Gasteiger partial charge in [0.05, 0.1) is 6.54 Å². The number of para-hydroxylation sites is 1. The zero-order chi connectivity index (χ0) is 13.0. The SMILES string of the molecule is Cc1cccc(C(=O)CN(C)c2ccccc2)c1. The second-order valence-electron chi connectivity index (χ2n) is 4.48. The van der Waals surface area contributed by atoms with Crippen LogP contribution in [-0.2, 0) is 0 Å². The largest absolute Gasteiger partial charge is 0.367 e. The number of hydrogen-bond acceptors (Lipinski definition) is 2. The van der Waals surface area contributed by atoms with Crippen LogP contribution in [0.15, 0.2) is 54.6 Å². The number of benzene rings is 2. The first-order chi connectivity index (χ1) is 8.66. The molecule has 92 valence electrons. The molecule has 2 rings (SSSR count). The first-order valence-corrected chi connectivity index (χ1v) is 6.03. The van der Waals surface area contributed by atoms with E-state index < -0.39 is 0 Å². The van der Waals surface area contributed by atoms with Crippen molar-refractivity contribution in [1.82, 2.24) is 0 Å². The van der Waals surface area contributed by atoms with Gasteiger partial charge in [-0.2, -0.15) is 0 Å². The molecule has 0 bridgehead atoms. The Bertz CT molecular complexity index is 534. The maximum absolute atomic E-state index is 12.1. The Morgan fingerprint density at radius 2 is 1.78 bits per heavy atom. The Labute approximate surface area is 108 Å². The van der Waals surface area contributed by atoms with Crippen LogP contribution in [0.4, 0.5) is 5.69 Å². The zero-order valence-corrected chi connectivity index (χ0v) is 10.8. The number of rotatable bonds is 4. The lowest BCUT2D eigenvalue weighted by Crippen LogP contribution is -2.25. The van der Waals surface area contributed by atoms with Crippen LogP contribution in [0.5, 0.6) is 0 Å². The molecule has 0 aliphatic rings. The van der Waals surface area contributed by atoms with Crippen molar-refractivity contribution in [2.45, 2.75) is 6.92 Å². The highest BCUT2D eigenvalue weighted by Crippen LogP contribution is 2.12. The van der Waals surface area contributed by atoms with Gasteiger partial charge in [-0.3, -0.25) is 4.79 Å². The highest BCUT2D eigenvalue weighted by molar-refractivity contribution is 5.99. The quantitative estimate of drug-likeness (QED) is 0.763. The molecule has 0 aliphatic heterocycles. The number of likely N-dealkylation sites (N-methyl/N-ethyl adjacent to an activating group) is 1. The molecule has 0 saturated heterocycles. The lowest BCUT2D eigenvalue weighted by Gasteiger charge is -2.18. The number of nitrogens with zero attached hydrogens (tertiary/aromatic N) is 1. The van der Waals surface area contributed by atoms with Gasteiger partial charge in [0.25, 0.3) is 0 Å². The molecule has 0 N–H and O–H groups in total. The molecule has 2 nitrogen and oxygen atoms in total. The average Bonchev–Trinajstić information content (AvgIpc) is 2.39. The van der Waals surface area contributed by atoms with Crippen molar-refractivity contribution in [3.8, 4) is 0 Å². The van der Waals surface area contributed by atoms with E-state index in [0.29, 0.717) is 6.54 Å². The maximum Gasteiger partial charge on any atom is 0.182 e. The third-order valence-corrected chi connectivity index (χ3v) is 2.92. The van der Waals surface area contributed by atoms with Crippen LogP contribution in [0.1, 0.15) is 15.9 Å². The summed E-state index contributed by atoms with van der Waals surface area (Å²) in [5, 5.41) is 0. The Kier molecular flexibility index (Phi) is 3.78. The number of carbonyl (C=O) groups excluding carboxylic acids is 1. The van der Waals surface area contributed by atoms with Crippen molar-refractivity contribution in [1.29, 1.82) is 0 Å². The molecular formula is C16H17NO. The average molecular weight is 239 g/mol. The van der Waals surface area contributed by atoms with Crippen molar-refractivity contribution in [3.05, 3.63) is 65.7 Å². The van der Waals surface area contributed by atoms with Gasteiger partial charge in [-0.05, 0) is 25.1 Å². The van der Waals surface area contributed by atoms with E-state index in [4.69, 9.17) is 0 Å². The van der Waals surface area contributed by atoms with Crippen molar-refractivity contribution in [2.24, 2.45) is 0 Å². The lowest BCUT2D eigenvalue weighted by atomic mass is 10.1. The molecular weight excluding hydrogens is 222 g/mol. The van der Waals surface area contributed by atoms with Crippen LogP contribution in [0.2, 0.25) is 0 Å². The van der Waals surface area contributed by atoms with Crippen LogP contribution in [0, 0.1) is 6.92 Å². The van der Waals surface area contributed by atoms with E-state index in [0.717, 1.165) is 16.8 Å². The Morgan fingerprint density at radius 3 is 2.44 bits per heavy atom. The molecule has 0 aromatic heterocycles. The van der Waals surface area contributed by atoms with Gasteiger partial charge < -0.3 is 4.90 Å². The van der Waals surface area contributed by atoms with E-state index in [9.17, 15) is 4.79 Å². The molecule has 0 amide bonds. The minimum atomic E-state index is 0.144. The number of aryl methyl sites for hydroxylation is 1. The summed E-state index contributed by atoms with van der Waals surface area (Å²) in [5.41, 5.74) is 2.94. The fourth-order valence-corrected chi connectivity index (χ4v) is 1.90. The van der Waals surface area contributed by atoms with E-state index >= 15 is 0 Å². The van der Waals surface area contributed by atoms with Gasteiger partial charge in [0.2, 0.25) is 0 Å². The number of ketones is 1. The molecule has 2 heteroatoms. The fraction of sp³-hybridized carbons (Fsp3) is 0.188. The maximum atomic E-state index is 12.1. The van der Waals surface area contributed by atoms with Gasteiger partial charge in [0, 0.05) is 18.3 Å². The van der Waals surface area contributed by atoms with Crippen LogP contribution < -0.4 is 4.90 Å². The Balaban J connectivity index is 2.08. The summed E-state index contributed by atoms with van der Waals surface area (Å²) in [7, 11) is 1.93. The van der Waals surface area contributed by atoms with E-state index in [1.165, 1.54) is 0 Å². The molecule has 0 fully saturated rings. The van der Waals surface area contributed by atoms with Gasteiger partial charge in [-0.15, -0.1) is 0 Å². The molecule has 0 spiro atoms. The standard InChI is InChI=1S/C16H17NO/c1-13-7-6-8-14(11-13)16(18)12-17(2)15-9-4-3-5-10-15/h3-11H,12H2,1-2H3. The molecule has 2 aromatic rings. The summed E-state index contributed by atoms with van der Waals surface area (Å²) in [6.07, 6.45) is 0. The highest BCUT2D eigenvalue weighted by atomic mass is 16.1. The van der Waals surface area contributed by atoms with E-state index in [1.807, 2.05) is 73.5 Å². The molecule has 0 aliphatic carbocycles. The lowest BCUT2D eigenvalue weighted by molar-refractivity contribution is 0.100. The first-order valence-electron chi connectivity index (χ1n) is 6.03. The molecule has 0 radical (unpaired) electrons. The van der Waals surface area contributed by atoms with Crippen LogP contribution in [0.3, 0.4) is 0 Å². The summed E-state index contributed by atoms with van der Waals surface area (Å²) in [4.78, 5) is 14.1. The summed E-state index contributed by atoms with van der Waals surface area (Å²) < 4.78 is 0. The Hall–Kier alpha value is -2.09. The van der Waals surface area contributed by atoms with Gasteiger partial charge in [-0.1, -0.05) is 42.0 Å². The van der Waals surface area contributed by atoms with Crippen LogP contribution in [0.25, 0.3) is 0 Å². The minimum absolute atomic E-state index is 0.144. The number of hydrogen-bond donors (Lipinski definition) is 0. The molecule has 0 saturated carbocycles. The van der Waals surface area contributed by atoms with E-state index in [2.05, 4.69) is 0 Å². The monoisotopic (exact) mass is 239 g/mol. The molecule has 18 heavy (non-hydrogen) atoms. The highest BCUT2D eigenvalue weighted by Gasteiger charge is 2.09. The van der Waals surface area contributed by atoms with Gasteiger partial charge in [0.15, 0.2) is 5.78 Å². The van der Waals surface area contributed by atoms with Crippen molar-refractivity contribution in [3.63, 3.8) is 0 Å². The van der Waals surface area contributed by atoms with Crippen LogP contribution >= 0.6 is 0 Å². The predicted molar refractivity (Wildman–Crippen MR) is 75.2 cm³/mol. The molecule has 0 atom stereocenters. The normalized spacial score (nSPS) is 10.1. The molecule has 2 aromatic carbocycles. The number of Topliss-reactive ketones (excluding diaryl/α,β-unsaturated/α-hetero) is 1. The fourth-order valence-electron chi connectivity index (χ4n) is 1.90. The molecule has 0 heterocycles. The summed E-state index contributed by atoms with van der Waals surface area (Å²) in [6.45, 7) is 2.39. The number of carbonyl (C=O) groups is 1. The predicted octanol–water partition coefficient (Wildman–Crippen LogP) is 3.31. The van der Waals surface area contributed by atoms with Crippen molar-refractivity contribution < 1.29 is 4.79 Å². The van der Waals surface area contributed by atoms with Crippen molar-refractivity contribution in [2.75, 3.05) is 18.5 Å². The second kappa shape index (κ2) is 5.50. The summed E-state index contributed by atoms with van der Waals surface area (Å²) >= 11 is 0. The summed E-state index contributed by atoms with van der Waals surface area (Å²) in [5.74, 6) is 0.144. The second-order valence-corrected chi connectivity index (χ2v) is 4.48. The van der Waals surface area contributed by atoms with E-state index in [1.54, 1.807) is 0 Å². The minimum Gasteiger partial charge on any atom is -0.367 e. The van der Waals surface area contributed by atoms with Gasteiger partial charge in [-0.25, -0.2) is 0 Å². The smallest absolute Gasteiger partial charge is 0.182 e. The third kappa shape index (κ3) is 2.98. The first kappa shape index (κ1) is 12.4. The van der Waals surface area contributed by atoms with Gasteiger partial charge >= 0.3 is 0 Å². The van der Waals surface area contributed by atoms with E-state index in [-0.39, 0.29) is 5.78 Å². The Morgan fingerprint density at radius 1 is 1.06 bits per heavy atom. The third-order valence-electron chi connectivity index (χ3n) is 2.92. The number of anilines is 1. The molecule has 0 unspecified atom stereocenters. The summed E-state index contributed by atoms with van der Waals surface area (Å²) in [6, 6.07) is 17.6. The topological polar surface area (TPSA) is 20.3 Å². The zero-order valence-electron chi connectivity index (χ0n) is 10.8. The van der Waals surface area contributed by atoms with Gasteiger partial charge in [0.1, 0.15) is 0 Å². The van der Waals surface area contributed by atoms with Crippen molar-refractivity contribution >= 4 is 11.5 Å². The van der Waals surface area contributed by atoms with Crippen LogP contribution in [-0.4, -0.2) is 19.4 Å².